The van der Waals surface area contributed by atoms with E-state index in [-0.39, 0.29) is 11.3 Å². The van der Waals surface area contributed by atoms with Crippen LogP contribution in [0.5, 0.6) is 0 Å². The lowest BCUT2D eigenvalue weighted by molar-refractivity contribution is -0.139. The van der Waals surface area contributed by atoms with Gasteiger partial charge in [-0.3, -0.25) is 0 Å². The van der Waals surface area contributed by atoms with Crippen LogP contribution >= 0.6 is 27.7 Å². The predicted octanol–water partition coefficient (Wildman–Crippen LogP) is 3.88. The predicted molar refractivity (Wildman–Crippen MR) is 112 cm³/mol. The van der Waals surface area contributed by atoms with Crippen molar-refractivity contribution in [1.82, 2.24) is 9.97 Å². The van der Waals surface area contributed by atoms with Crippen molar-refractivity contribution in [2.45, 2.75) is 10.1 Å². The molecule has 1 aliphatic heterocycles. The molecule has 1 aromatic heterocycles. The summed E-state index contributed by atoms with van der Waals surface area (Å²) in [4.78, 5) is 35.6. The molecule has 2 heterocycles. The highest BCUT2D eigenvalue weighted by Crippen LogP contribution is 2.30. The van der Waals surface area contributed by atoms with E-state index >= 15 is 0 Å². The molecule has 0 radical (unpaired) electrons. The van der Waals surface area contributed by atoms with Crippen LogP contribution in [0.3, 0.4) is 0 Å². The third kappa shape index (κ3) is 4.93. The molecule has 0 atom stereocenters. The summed E-state index contributed by atoms with van der Waals surface area (Å²) in [6.45, 7) is 0. The van der Waals surface area contributed by atoms with Crippen molar-refractivity contribution in [2.75, 3.05) is 19.1 Å². The zero-order chi connectivity index (χ0) is 20.8. The van der Waals surface area contributed by atoms with Crippen molar-refractivity contribution < 1.29 is 19.1 Å². The van der Waals surface area contributed by atoms with Crippen molar-refractivity contribution in [2.24, 2.45) is 0 Å². The van der Waals surface area contributed by atoms with Crippen molar-refractivity contribution in [3.05, 3.63) is 76.8 Å². The van der Waals surface area contributed by atoms with E-state index < -0.39 is 11.9 Å². The Kier molecular flexibility index (Phi) is 6.84. The zero-order valence-electron chi connectivity index (χ0n) is 15.5. The Labute approximate surface area is 180 Å². The number of carbonyl (C=O) groups is 2. The minimum absolute atomic E-state index is 0.0704. The van der Waals surface area contributed by atoms with Crippen LogP contribution in [-0.4, -0.2) is 36.1 Å². The standard InChI is InChI=1S/C20H16BrN3O4S/c1-27-18(25)16-5-3-4-10-24(17(16)19(26)28-2)14-6-8-15(9-7-14)29-20-22-11-13(21)12-23-20/h3-12H,1-2H3. The number of hydrogen-bond donors (Lipinski definition) is 0. The summed E-state index contributed by atoms with van der Waals surface area (Å²) in [6, 6.07) is 7.41. The number of halogens is 1. The lowest BCUT2D eigenvalue weighted by Crippen LogP contribution is -2.26. The number of methoxy groups -OCH3 is 2. The second-order valence-corrected chi connectivity index (χ2v) is 7.55. The van der Waals surface area contributed by atoms with Crippen LogP contribution < -0.4 is 4.90 Å². The first-order chi connectivity index (χ1) is 14.0. The van der Waals surface area contributed by atoms with E-state index in [1.807, 2.05) is 24.3 Å². The third-order valence-electron chi connectivity index (χ3n) is 3.81. The first-order valence-electron chi connectivity index (χ1n) is 8.34. The van der Waals surface area contributed by atoms with Crippen LogP contribution in [0, 0.1) is 0 Å². The summed E-state index contributed by atoms with van der Waals surface area (Å²) >= 11 is 4.71. The van der Waals surface area contributed by atoms with Gasteiger partial charge in [-0.1, -0.05) is 6.08 Å². The first-order valence-corrected chi connectivity index (χ1v) is 9.95. The number of aromatic nitrogens is 2. The molecule has 29 heavy (non-hydrogen) atoms. The van der Waals surface area contributed by atoms with Crippen LogP contribution in [0.2, 0.25) is 0 Å². The van der Waals surface area contributed by atoms with E-state index in [0.29, 0.717) is 10.8 Å². The maximum Gasteiger partial charge on any atom is 0.355 e. The van der Waals surface area contributed by atoms with Gasteiger partial charge < -0.3 is 14.4 Å². The van der Waals surface area contributed by atoms with Crippen molar-refractivity contribution in [1.29, 1.82) is 0 Å². The van der Waals surface area contributed by atoms with Crippen LogP contribution in [0.25, 0.3) is 0 Å². The summed E-state index contributed by atoms with van der Waals surface area (Å²) in [5, 5.41) is 0.614. The molecule has 0 bridgehead atoms. The molecule has 0 aliphatic carbocycles. The topological polar surface area (TPSA) is 81.6 Å². The largest absolute Gasteiger partial charge is 0.465 e. The van der Waals surface area contributed by atoms with Gasteiger partial charge in [0, 0.05) is 29.2 Å². The summed E-state index contributed by atoms with van der Waals surface area (Å²) in [5.41, 5.74) is 0.847. The number of benzene rings is 1. The number of allylic oxidation sites excluding steroid dienone is 2. The maximum atomic E-state index is 12.4. The molecule has 2 aromatic rings. The lowest BCUT2D eigenvalue weighted by Gasteiger charge is -2.23. The molecule has 0 fully saturated rings. The van der Waals surface area contributed by atoms with E-state index in [0.717, 1.165) is 9.37 Å². The molecule has 9 heteroatoms. The van der Waals surface area contributed by atoms with E-state index in [2.05, 4.69) is 25.9 Å². The molecule has 7 nitrogen and oxygen atoms in total. The monoisotopic (exact) mass is 473 g/mol. The SMILES string of the molecule is COC(=O)C1=C(C(=O)OC)N(c2ccc(Sc3ncc(Br)cn3)cc2)C=CC=C1. The van der Waals surface area contributed by atoms with E-state index in [1.54, 1.807) is 35.6 Å². The number of esters is 2. The highest BCUT2D eigenvalue weighted by molar-refractivity contribution is 9.10. The fourth-order valence-electron chi connectivity index (χ4n) is 2.50. The Morgan fingerprint density at radius 2 is 1.66 bits per heavy atom. The minimum Gasteiger partial charge on any atom is -0.465 e. The summed E-state index contributed by atoms with van der Waals surface area (Å²) in [7, 11) is 2.52. The van der Waals surface area contributed by atoms with Crippen LogP contribution in [0.4, 0.5) is 5.69 Å². The normalized spacial score (nSPS) is 13.3. The van der Waals surface area contributed by atoms with Gasteiger partial charge in [0.1, 0.15) is 5.70 Å². The molecule has 0 unspecified atom stereocenters. The summed E-state index contributed by atoms with van der Waals surface area (Å²) in [5.74, 6) is -1.28. The maximum absolute atomic E-state index is 12.4. The Hall–Kier alpha value is -2.91. The second kappa shape index (κ2) is 9.53. The fraction of sp³-hybridized carbons (Fsp3) is 0.100. The van der Waals surface area contributed by atoms with Gasteiger partial charge in [0.2, 0.25) is 0 Å². The molecule has 0 saturated carbocycles. The second-order valence-electron chi connectivity index (χ2n) is 5.60. The smallest absolute Gasteiger partial charge is 0.355 e. The molecule has 148 valence electrons. The molecular formula is C20H16BrN3O4S. The molecule has 1 aromatic carbocycles. The molecule has 0 saturated heterocycles. The minimum atomic E-state index is -0.650. The van der Waals surface area contributed by atoms with Crippen LogP contribution in [0.1, 0.15) is 0 Å². The zero-order valence-corrected chi connectivity index (χ0v) is 17.9. The van der Waals surface area contributed by atoms with E-state index in [4.69, 9.17) is 9.47 Å². The van der Waals surface area contributed by atoms with Gasteiger partial charge in [-0.15, -0.1) is 0 Å². The molecule has 0 amide bonds. The number of ether oxygens (including phenoxy) is 2. The third-order valence-corrected chi connectivity index (χ3v) is 5.12. The molecule has 0 N–H and O–H groups in total. The van der Waals surface area contributed by atoms with Gasteiger partial charge in [0.25, 0.3) is 0 Å². The number of rotatable bonds is 5. The Morgan fingerprint density at radius 3 is 2.28 bits per heavy atom. The fourth-order valence-corrected chi connectivity index (χ4v) is 3.40. The highest BCUT2D eigenvalue weighted by Gasteiger charge is 2.27. The van der Waals surface area contributed by atoms with Crippen LogP contribution in [-0.2, 0) is 19.1 Å². The van der Waals surface area contributed by atoms with Gasteiger partial charge in [-0.25, -0.2) is 19.6 Å². The van der Waals surface area contributed by atoms with Gasteiger partial charge >= 0.3 is 11.9 Å². The van der Waals surface area contributed by atoms with Gasteiger partial charge in [-0.2, -0.15) is 0 Å². The average molecular weight is 474 g/mol. The van der Waals surface area contributed by atoms with Gasteiger partial charge in [-0.05, 0) is 64.1 Å². The van der Waals surface area contributed by atoms with E-state index in [1.165, 1.54) is 32.1 Å². The Morgan fingerprint density at radius 1 is 1.00 bits per heavy atom. The molecular weight excluding hydrogens is 458 g/mol. The highest BCUT2D eigenvalue weighted by atomic mass is 79.9. The molecule has 0 spiro atoms. The van der Waals surface area contributed by atoms with Gasteiger partial charge in [0.15, 0.2) is 5.16 Å². The Balaban J connectivity index is 1.93. The Bertz CT molecular complexity index is 1000. The number of anilines is 1. The van der Waals surface area contributed by atoms with Crippen molar-refractivity contribution in [3.63, 3.8) is 0 Å². The van der Waals surface area contributed by atoms with E-state index in [9.17, 15) is 9.59 Å². The molecule has 1 aliphatic rings. The quantitative estimate of drug-likeness (QED) is 0.477. The molecule has 3 rings (SSSR count). The summed E-state index contributed by atoms with van der Waals surface area (Å²) in [6.07, 6.45) is 9.94. The van der Waals surface area contributed by atoms with Crippen molar-refractivity contribution in [3.8, 4) is 0 Å². The first kappa shape index (κ1) is 20.8. The van der Waals surface area contributed by atoms with Crippen LogP contribution in [0.15, 0.2) is 86.9 Å². The average Bonchev–Trinajstić information content (AvgIpc) is 2.98. The summed E-state index contributed by atoms with van der Waals surface area (Å²) < 4.78 is 10.5. The number of hydrogen-bond acceptors (Lipinski definition) is 8. The van der Waals surface area contributed by atoms with Crippen molar-refractivity contribution >= 4 is 45.3 Å². The number of carbonyl (C=O) groups excluding carboxylic acids is 2. The lowest BCUT2D eigenvalue weighted by atomic mass is 10.1. The number of nitrogens with zero attached hydrogens (tertiary/aromatic N) is 3. The van der Waals surface area contributed by atoms with Gasteiger partial charge in [0.05, 0.1) is 24.3 Å².